The monoisotopic (exact) mass is 496 g/mol. The van der Waals surface area contributed by atoms with Gasteiger partial charge in [0.05, 0.1) is 6.04 Å². The summed E-state index contributed by atoms with van der Waals surface area (Å²) in [6.45, 7) is 3.81. The molecule has 1 aliphatic rings. The summed E-state index contributed by atoms with van der Waals surface area (Å²) in [5.74, 6) is -2.88. The maximum atomic E-state index is 13.6. The molecule has 10 heteroatoms. The number of aromatic hydroxyl groups is 1. The second-order valence-electron chi connectivity index (χ2n) is 9.22. The molecule has 10 nitrogen and oxygen atoms in total. The van der Waals surface area contributed by atoms with E-state index in [-0.39, 0.29) is 38.0 Å². The lowest BCUT2D eigenvalue weighted by Crippen LogP contribution is -2.59. The summed E-state index contributed by atoms with van der Waals surface area (Å²) in [7, 11) is 0. The van der Waals surface area contributed by atoms with Gasteiger partial charge in [-0.25, -0.2) is 0 Å². The van der Waals surface area contributed by atoms with Gasteiger partial charge in [-0.15, -0.1) is 0 Å². The number of hydrogen-bond donors (Lipinski definition) is 5. The van der Waals surface area contributed by atoms with Crippen molar-refractivity contribution < 1.29 is 29.4 Å². The predicted octanol–water partition coefficient (Wildman–Crippen LogP) is 0.667. The number of nitrogens with zero attached hydrogens (tertiary/aromatic N) is 1. The largest absolute Gasteiger partial charge is 0.508 e. The number of rotatable bonds is 9. The lowest BCUT2D eigenvalue weighted by atomic mass is 9.91. The highest BCUT2D eigenvalue weighted by Gasteiger charge is 2.37. The van der Waals surface area contributed by atoms with E-state index in [4.69, 9.17) is 16.6 Å². The first-order valence-electron chi connectivity index (χ1n) is 11.7. The van der Waals surface area contributed by atoms with Crippen LogP contribution in [0.15, 0.2) is 36.4 Å². The van der Waals surface area contributed by atoms with Gasteiger partial charge in [0.1, 0.15) is 17.8 Å². The summed E-state index contributed by atoms with van der Waals surface area (Å²) in [6.07, 6.45) is -0.0826. The maximum absolute atomic E-state index is 13.6. The molecule has 0 fully saturated rings. The van der Waals surface area contributed by atoms with Crippen molar-refractivity contribution in [2.24, 2.45) is 11.5 Å². The van der Waals surface area contributed by atoms with E-state index < -0.39 is 41.8 Å². The fourth-order valence-corrected chi connectivity index (χ4v) is 4.62. The predicted molar refractivity (Wildman–Crippen MR) is 132 cm³/mol. The number of primary amides is 1. The number of phenols is 1. The fraction of sp³-hybridized carbons (Fsp3) is 0.385. The Morgan fingerprint density at radius 3 is 2.31 bits per heavy atom. The van der Waals surface area contributed by atoms with Crippen molar-refractivity contribution in [1.29, 1.82) is 0 Å². The minimum atomic E-state index is -1.18. The molecule has 2 aromatic rings. The Kier molecular flexibility index (Phi) is 8.31. The van der Waals surface area contributed by atoms with Crippen molar-refractivity contribution in [3.8, 4) is 5.75 Å². The first kappa shape index (κ1) is 26.7. The van der Waals surface area contributed by atoms with Gasteiger partial charge in [0, 0.05) is 19.4 Å². The summed E-state index contributed by atoms with van der Waals surface area (Å²) >= 11 is 0. The second kappa shape index (κ2) is 11.2. The summed E-state index contributed by atoms with van der Waals surface area (Å²) in [5.41, 5.74) is 15.9. The molecule has 0 saturated heterocycles. The number of nitrogens with one attached hydrogen (secondary N) is 1. The normalized spacial score (nSPS) is 16.5. The van der Waals surface area contributed by atoms with Crippen molar-refractivity contribution >= 4 is 23.7 Å². The Labute approximate surface area is 209 Å². The van der Waals surface area contributed by atoms with Crippen LogP contribution in [-0.2, 0) is 38.6 Å². The average Bonchev–Trinajstić information content (AvgIpc) is 2.81. The topological polar surface area (TPSA) is 176 Å². The summed E-state index contributed by atoms with van der Waals surface area (Å²) in [6, 6.07) is 7.56. The van der Waals surface area contributed by atoms with Crippen LogP contribution in [0.25, 0.3) is 0 Å². The molecule has 36 heavy (non-hydrogen) atoms. The molecule has 3 amide bonds. The quantitative estimate of drug-likeness (QED) is 0.339. The van der Waals surface area contributed by atoms with E-state index in [0.717, 1.165) is 27.8 Å². The number of carbonyl (C=O) groups excluding carboxylic acids is 3. The van der Waals surface area contributed by atoms with Crippen LogP contribution >= 0.6 is 0 Å². The first-order valence-corrected chi connectivity index (χ1v) is 11.7. The van der Waals surface area contributed by atoms with Crippen LogP contribution in [-0.4, -0.2) is 56.9 Å². The third kappa shape index (κ3) is 6.19. The van der Waals surface area contributed by atoms with Crippen LogP contribution in [0.1, 0.15) is 40.7 Å². The number of carboxylic acid groups (broad SMARTS) is 1. The third-order valence-corrected chi connectivity index (χ3v) is 6.56. The minimum absolute atomic E-state index is 0.130. The number of fused-ring (bicyclic) bond motifs is 1. The Bertz CT molecular complexity index is 1160. The van der Waals surface area contributed by atoms with E-state index in [1.807, 2.05) is 38.1 Å². The van der Waals surface area contributed by atoms with Crippen molar-refractivity contribution in [2.45, 2.75) is 64.2 Å². The third-order valence-electron chi connectivity index (χ3n) is 6.56. The van der Waals surface area contributed by atoms with Gasteiger partial charge in [0.15, 0.2) is 0 Å². The smallest absolute Gasteiger partial charge is 0.303 e. The van der Waals surface area contributed by atoms with Gasteiger partial charge in [-0.05, 0) is 66.6 Å². The van der Waals surface area contributed by atoms with Crippen LogP contribution in [0.3, 0.4) is 0 Å². The van der Waals surface area contributed by atoms with Crippen molar-refractivity contribution in [3.63, 3.8) is 0 Å². The minimum Gasteiger partial charge on any atom is -0.508 e. The number of benzene rings is 2. The number of phenolic OH excluding ortho intramolecular Hbond substituents is 1. The molecule has 0 bridgehead atoms. The highest BCUT2D eigenvalue weighted by molar-refractivity contribution is 5.93. The van der Waals surface area contributed by atoms with Crippen LogP contribution in [0, 0.1) is 13.8 Å². The zero-order chi connectivity index (χ0) is 26.6. The first-order chi connectivity index (χ1) is 17.0. The number of amides is 3. The molecule has 0 unspecified atom stereocenters. The summed E-state index contributed by atoms with van der Waals surface area (Å²) in [5, 5.41) is 21.3. The van der Waals surface area contributed by atoms with Crippen LogP contribution in [0.4, 0.5) is 0 Å². The molecular weight excluding hydrogens is 464 g/mol. The molecule has 0 radical (unpaired) electrons. The molecule has 1 aliphatic heterocycles. The van der Waals surface area contributed by atoms with E-state index in [1.54, 1.807) is 12.1 Å². The Balaban J connectivity index is 1.85. The highest BCUT2D eigenvalue weighted by atomic mass is 16.4. The number of hydrogen-bond acceptors (Lipinski definition) is 6. The summed E-state index contributed by atoms with van der Waals surface area (Å²) < 4.78 is 0. The fourth-order valence-electron chi connectivity index (χ4n) is 4.62. The molecule has 1 heterocycles. The zero-order valence-corrected chi connectivity index (χ0v) is 20.4. The van der Waals surface area contributed by atoms with Crippen LogP contribution in [0.5, 0.6) is 5.75 Å². The second-order valence-corrected chi connectivity index (χ2v) is 9.22. The van der Waals surface area contributed by atoms with Gasteiger partial charge in [0.2, 0.25) is 17.7 Å². The van der Waals surface area contributed by atoms with E-state index in [9.17, 15) is 24.3 Å². The molecule has 0 spiro atoms. The lowest BCUT2D eigenvalue weighted by Gasteiger charge is -2.38. The number of carbonyl (C=O) groups is 4. The van der Waals surface area contributed by atoms with E-state index >= 15 is 0 Å². The number of aliphatic carboxylic acids is 1. The molecule has 192 valence electrons. The standard InChI is InChI=1S/C26H32N4O6/c1-14-9-18(31)10-15(2)19(14)12-20(27)26(36)30-13-17-6-4-3-5-16(17)11-22(30)25(35)29-21(24(28)34)7-8-23(32)33/h3-6,9-10,20-22,31H,7-8,11-13,27H2,1-2H3,(H2,28,34)(H,29,35)(H,32,33)/t20-,21+,22-/m0/s1. The number of nitrogens with two attached hydrogens (primary N) is 2. The maximum Gasteiger partial charge on any atom is 0.303 e. The molecule has 0 aliphatic carbocycles. The number of carboxylic acids is 1. The highest BCUT2D eigenvalue weighted by Crippen LogP contribution is 2.26. The van der Waals surface area contributed by atoms with Gasteiger partial charge >= 0.3 is 5.97 Å². The van der Waals surface area contributed by atoms with Gasteiger partial charge in [0.25, 0.3) is 0 Å². The Morgan fingerprint density at radius 2 is 1.72 bits per heavy atom. The average molecular weight is 497 g/mol. The van der Waals surface area contributed by atoms with E-state index in [0.29, 0.717) is 0 Å². The van der Waals surface area contributed by atoms with E-state index in [1.165, 1.54) is 4.90 Å². The van der Waals surface area contributed by atoms with Gasteiger partial charge in [-0.2, -0.15) is 0 Å². The summed E-state index contributed by atoms with van der Waals surface area (Å²) in [4.78, 5) is 51.0. The zero-order valence-electron chi connectivity index (χ0n) is 20.4. The van der Waals surface area contributed by atoms with Crippen molar-refractivity contribution in [1.82, 2.24) is 10.2 Å². The van der Waals surface area contributed by atoms with Crippen molar-refractivity contribution in [2.75, 3.05) is 0 Å². The molecule has 7 N–H and O–H groups in total. The van der Waals surface area contributed by atoms with E-state index in [2.05, 4.69) is 5.32 Å². The molecule has 3 atom stereocenters. The van der Waals surface area contributed by atoms with Gasteiger partial charge in [-0.1, -0.05) is 24.3 Å². The van der Waals surface area contributed by atoms with Gasteiger partial charge in [-0.3, -0.25) is 19.2 Å². The Hall–Kier alpha value is -3.92. The number of aryl methyl sites for hydroxylation is 2. The van der Waals surface area contributed by atoms with Crippen LogP contribution in [0.2, 0.25) is 0 Å². The molecule has 0 saturated carbocycles. The van der Waals surface area contributed by atoms with Gasteiger partial charge < -0.3 is 31.9 Å². The lowest BCUT2D eigenvalue weighted by molar-refractivity contribution is -0.143. The van der Waals surface area contributed by atoms with Crippen LogP contribution < -0.4 is 16.8 Å². The molecule has 0 aromatic heterocycles. The molecule has 3 rings (SSSR count). The molecule has 2 aromatic carbocycles. The SMILES string of the molecule is Cc1cc(O)cc(C)c1C[C@H](N)C(=O)N1Cc2ccccc2C[C@H]1C(=O)N[C@H](CCC(=O)O)C(N)=O. The van der Waals surface area contributed by atoms with Crippen molar-refractivity contribution in [3.05, 3.63) is 64.2 Å². The molecular formula is C26H32N4O6. The Morgan fingerprint density at radius 1 is 1.11 bits per heavy atom.